The van der Waals surface area contributed by atoms with E-state index in [9.17, 15) is 23.2 Å². The molecule has 0 N–H and O–H groups in total. The van der Waals surface area contributed by atoms with Gasteiger partial charge in [-0.25, -0.2) is 9.37 Å². The molecule has 37 heavy (non-hydrogen) atoms. The molecule has 0 radical (unpaired) electrons. The molecule has 0 bridgehead atoms. The average molecular weight is 528 g/mol. The Morgan fingerprint density at radius 2 is 1.92 bits per heavy atom. The molecule has 1 saturated heterocycles. The van der Waals surface area contributed by atoms with Crippen molar-refractivity contribution < 1.29 is 27.1 Å². The molecule has 1 saturated carbocycles. The van der Waals surface area contributed by atoms with Crippen molar-refractivity contribution in [3.05, 3.63) is 77.6 Å². The van der Waals surface area contributed by atoms with Gasteiger partial charge < -0.3 is 9.64 Å². The number of aromatic nitrogens is 2. The first-order valence-corrected chi connectivity index (χ1v) is 11.6. The number of pyridine rings is 2. The van der Waals surface area contributed by atoms with Crippen molar-refractivity contribution in [1.29, 1.82) is 5.26 Å². The third-order valence-electron chi connectivity index (χ3n) is 6.43. The van der Waals surface area contributed by atoms with Crippen LogP contribution in [0.1, 0.15) is 36.2 Å². The molecule has 2 aromatic heterocycles. The van der Waals surface area contributed by atoms with Crippen LogP contribution in [0.4, 0.5) is 28.9 Å². The molecule has 188 valence electrons. The maximum atomic E-state index is 15.0. The van der Waals surface area contributed by atoms with Crippen molar-refractivity contribution in [2.75, 3.05) is 9.80 Å². The average Bonchev–Trinajstić information content (AvgIpc) is 3.09. The number of ether oxygens (including phenoxy) is 1. The highest BCUT2D eigenvalue weighted by Crippen LogP contribution is 2.50. The van der Waals surface area contributed by atoms with Crippen molar-refractivity contribution in [3.8, 4) is 11.8 Å². The fraction of sp³-hybridized carbons (Fsp3) is 0.240. The largest absolute Gasteiger partial charge is 0.484 e. The number of anilines is 2. The Kier molecular flexibility index (Phi) is 6.03. The van der Waals surface area contributed by atoms with E-state index < -0.39 is 40.4 Å². The molecule has 7 nitrogen and oxygen atoms in total. The lowest BCUT2D eigenvalue weighted by molar-refractivity contribution is -0.137. The van der Waals surface area contributed by atoms with E-state index in [2.05, 4.69) is 9.97 Å². The van der Waals surface area contributed by atoms with E-state index in [0.29, 0.717) is 25.0 Å². The molecule has 1 aliphatic heterocycles. The van der Waals surface area contributed by atoms with Crippen LogP contribution in [0.15, 0.2) is 54.9 Å². The van der Waals surface area contributed by atoms with Crippen LogP contribution < -0.4 is 14.5 Å². The molecule has 0 unspecified atom stereocenters. The summed E-state index contributed by atoms with van der Waals surface area (Å²) in [7, 11) is 0. The number of alkyl halides is 3. The number of hydrogen-bond donors (Lipinski definition) is 0. The monoisotopic (exact) mass is 527 g/mol. The lowest BCUT2D eigenvalue weighted by atomic mass is 9.75. The van der Waals surface area contributed by atoms with E-state index in [4.69, 9.17) is 17.0 Å². The minimum atomic E-state index is -4.97. The smallest absolute Gasteiger partial charge is 0.421 e. The van der Waals surface area contributed by atoms with E-state index in [1.807, 2.05) is 0 Å². The first-order chi connectivity index (χ1) is 17.7. The van der Waals surface area contributed by atoms with Gasteiger partial charge in [-0.3, -0.25) is 14.7 Å². The summed E-state index contributed by atoms with van der Waals surface area (Å²) in [4.78, 5) is 23.4. The van der Waals surface area contributed by atoms with Crippen LogP contribution in [0.3, 0.4) is 0 Å². The molecule has 1 amide bonds. The summed E-state index contributed by atoms with van der Waals surface area (Å²) < 4.78 is 62.4. The Labute approximate surface area is 213 Å². The predicted octanol–water partition coefficient (Wildman–Crippen LogP) is 5.15. The molecular weight excluding hydrogens is 510 g/mol. The van der Waals surface area contributed by atoms with Gasteiger partial charge >= 0.3 is 6.18 Å². The molecule has 12 heteroatoms. The zero-order valence-electron chi connectivity index (χ0n) is 19.0. The van der Waals surface area contributed by atoms with Gasteiger partial charge in [-0.15, -0.1) is 0 Å². The summed E-state index contributed by atoms with van der Waals surface area (Å²) in [5, 5.41) is 8.98. The predicted molar refractivity (Wildman–Crippen MR) is 128 cm³/mol. The molecule has 1 aliphatic carbocycles. The summed E-state index contributed by atoms with van der Waals surface area (Å²) in [6.45, 7) is 0.0267. The number of rotatable bonds is 5. The Morgan fingerprint density at radius 1 is 1.14 bits per heavy atom. The lowest BCUT2D eigenvalue weighted by Crippen LogP contribution is -2.55. The van der Waals surface area contributed by atoms with E-state index >= 15 is 4.39 Å². The van der Waals surface area contributed by atoms with Crippen LogP contribution in [0, 0.1) is 17.1 Å². The van der Waals surface area contributed by atoms with Crippen molar-refractivity contribution >= 4 is 34.6 Å². The van der Waals surface area contributed by atoms with Crippen LogP contribution >= 0.6 is 12.2 Å². The topological polar surface area (TPSA) is 82.4 Å². The fourth-order valence-corrected chi connectivity index (χ4v) is 5.04. The highest BCUT2D eigenvalue weighted by molar-refractivity contribution is 7.81. The third-order valence-corrected chi connectivity index (χ3v) is 6.79. The Balaban J connectivity index is 1.51. The summed E-state index contributed by atoms with van der Waals surface area (Å²) in [5.41, 5.74) is -3.27. The third kappa shape index (κ3) is 4.05. The molecular formula is C25H17F4N5O2S. The number of carbonyl (C=O) groups is 1. The maximum absolute atomic E-state index is 15.0. The molecule has 5 rings (SSSR count). The number of hydrogen-bond acceptors (Lipinski definition) is 6. The Bertz CT molecular complexity index is 1440. The van der Waals surface area contributed by atoms with Gasteiger partial charge in [0.25, 0.3) is 5.91 Å². The van der Waals surface area contributed by atoms with Gasteiger partial charge in [-0.2, -0.15) is 18.4 Å². The van der Waals surface area contributed by atoms with E-state index in [1.165, 1.54) is 23.1 Å². The number of carbonyl (C=O) groups excluding carboxylic acids is 1. The zero-order valence-corrected chi connectivity index (χ0v) is 19.8. The maximum Gasteiger partial charge on any atom is 0.421 e. The van der Waals surface area contributed by atoms with E-state index in [0.717, 1.165) is 23.2 Å². The molecule has 0 atom stereocenters. The lowest BCUT2D eigenvalue weighted by Gasteiger charge is -2.43. The molecule has 2 fully saturated rings. The summed E-state index contributed by atoms with van der Waals surface area (Å²) in [6.07, 6.45) is -1.09. The van der Waals surface area contributed by atoms with Gasteiger partial charge in [0.1, 0.15) is 23.8 Å². The second-order valence-electron chi connectivity index (χ2n) is 8.53. The second kappa shape index (κ2) is 9.08. The number of amides is 1. The van der Waals surface area contributed by atoms with Gasteiger partial charge in [0, 0.05) is 24.1 Å². The van der Waals surface area contributed by atoms with Gasteiger partial charge in [-0.05, 0) is 61.8 Å². The van der Waals surface area contributed by atoms with Gasteiger partial charge in [0.15, 0.2) is 22.4 Å². The molecule has 1 aromatic carbocycles. The minimum absolute atomic E-state index is 0.0267. The van der Waals surface area contributed by atoms with Crippen LogP contribution in [0.25, 0.3) is 0 Å². The zero-order chi connectivity index (χ0) is 26.4. The van der Waals surface area contributed by atoms with E-state index in [-0.39, 0.29) is 23.2 Å². The van der Waals surface area contributed by atoms with E-state index in [1.54, 1.807) is 24.4 Å². The van der Waals surface area contributed by atoms with Crippen LogP contribution in [0.5, 0.6) is 5.75 Å². The Morgan fingerprint density at radius 3 is 2.51 bits per heavy atom. The number of nitrogens with zero attached hydrogens (tertiary/aromatic N) is 5. The van der Waals surface area contributed by atoms with Crippen LogP contribution in [-0.4, -0.2) is 26.5 Å². The minimum Gasteiger partial charge on any atom is -0.484 e. The van der Waals surface area contributed by atoms with Gasteiger partial charge in [0.2, 0.25) is 0 Å². The second-order valence-corrected chi connectivity index (χ2v) is 8.90. The van der Waals surface area contributed by atoms with Crippen molar-refractivity contribution in [1.82, 2.24) is 9.97 Å². The SMILES string of the molecule is N#Cc1nccc(N2C(=O)C3(CCC3)N(c3ccc(OCc4ccccn4)c(F)c3)C2=S)c1C(F)(F)F. The summed E-state index contributed by atoms with van der Waals surface area (Å²) >= 11 is 5.50. The quantitative estimate of drug-likeness (QED) is 0.336. The van der Waals surface area contributed by atoms with Crippen LogP contribution in [0.2, 0.25) is 0 Å². The van der Waals surface area contributed by atoms with Crippen molar-refractivity contribution in [3.63, 3.8) is 0 Å². The number of thiocarbonyl (C=S) groups is 1. The number of nitriles is 1. The highest BCUT2D eigenvalue weighted by atomic mass is 32.1. The first-order valence-electron chi connectivity index (χ1n) is 11.1. The molecule has 3 heterocycles. The van der Waals surface area contributed by atoms with Gasteiger partial charge in [0.05, 0.1) is 11.4 Å². The normalized spacial score (nSPS) is 16.6. The number of halogens is 4. The standard InChI is InChI=1S/C25H17F4N5O2S/c26-17-12-16(5-6-20(17)36-14-15-4-1-2-10-31-15)34-23(37)33(22(35)24(34)8-3-9-24)19-7-11-32-18(13-30)21(19)25(27,28)29/h1-2,4-7,10-12H,3,8-9,14H2. The highest BCUT2D eigenvalue weighted by Gasteiger charge is 2.60. The van der Waals surface area contributed by atoms with Crippen molar-refractivity contribution in [2.24, 2.45) is 0 Å². The Hall–Kier alpha value is -4.11. The summed E-state index contributed by atoms with van der Waals surface area (Å²) in [6, 6.07) is 11.7. The first kappa shape index (κ1) is 24.6. The van der Waals surface area contributed by atoms with Crippen molar-refractivity contribution in [2.45, 2.75) is 37.6 Å². The molecule has 1 spiro atoms. The summed E-state index contributed by atoms with van der Waals surface area (Å²) in [5.74, 6) is -1.46. The number of benzene rings is 1. The van der Waals surface area contributed by atoms with Gasteiger partial charge in [-0.1, -0.05) is 6.07 Å². The fourth-order valence-electron chi connectivity index (χ4n) is 4.58. The molecule has 3 aromatic rings. The molecule has 2 aliphatic rings. The van der Waals surface area contributed by atoms with Crippen LogP contribution in [-0.2, 0) is 17.6 Å².